The second-order valence-electron chi connectivity index (χ2n) is 6.64. The van der Waals surface area contributed by atoms with Crippen LogP contribution in [0.15, 0.2) is 30.3 Å². The summed E-state index contributed by atoms with van der Waals surface area (Å²) in [4.78, 5) is 11.9. The Balaban J connectivity index is 2.10. The molecule has 0 aliphatic rings. The van der Waals surface area contributed by atoms with E-state index in [9.17, 15) is 4.79 Å². The molecule has 0 radical (unpaired) electrons. The lowest BCUT2D eigenvalue weighted by atomic mass is 10.2. The Labute approximate surface area is 158 Å². The number of rotatable bonds is 14. The van der Waals surface area contributed by atoms with Gasteiger partial charge in [-0.1, -0.05) is 38.0 Å². The van der Waals surface area contributed by atoms with E-state index in [1.54, 1.807) is 12.1 Å². The third kappa shape index (κ3) is 10.5. The average Bonchev–Trinajstić information content (AvgIpc) is 2.66. The van der Waals surface area contributed by atoms with E-state index in [0.717, 1.165) is 13.0 Å². The van der Waals surface area contributed by atoms with Gasteiger partial charge in [-0.3, -0.25) is 0 Å². The van der Waals surface area contributed by atoms with E-state index >= 15 is 0 Å². The number of hydrogen-bond acceptors (Lipinski definition) is 5. The van der Waals surface area contributed by atoms with Gasteiger partial charge in [-0.25, -0.2) is 4.79 Å². The molecule has 0 amide bonds. The van der Waals surface area contributed by atoms with Gasteiger partial charge in [-0.15, -0.1) is 0 Å². The Morgan fingerprint density at radius 1 is 0.846 bits per heavy atom. The van der Waals surface area contributed by atoms with Crippen LogP contribution in [-0.2, 0) is 18.9 Å². The molecule has 0 saturated carbocycles. The summed E-state index contributed by atoms with van der Waals surface area (Å²) in [5.74, 6) is -0.334. The van der Waals surface area contributed by atoms with Crippen molar-refractivity contribution in [3.05, 3.63) is 35.9 Å². The predicted octanol–water partition coefficient (Wildman–Crippen LogP) is 4.25. The van der Waals surface area contributed by atoms with Crippen LogP contribution >= 0.6 is 0 Å². The summed E-state index contributed by atoms with van der Waals surface area (Å²) in [6, 6.07) is 8.94. The maximum Gasteiger partial charge on any atom is 0.338 e. The topological polar surface area (TPSA) is 54.0 Å². The third-order valence-corrected chi connectivity index (χ3v) is 3.84. The summed E-state index contributed by atoms with van der Waals surface area (Å²) in [5, 5.41) is 0. The molecule has 0 spiro atoms. The Morgan fingerprint density at radius 2 is 1.42 bits per heavy atom. The summed E-state index contributed by atoms with van der Waals surface area (Å²) < 4.78 is 22.4. The van der Waals surface area contributed by atoms with Gasteiger partial charge in [0, 0.05) is 6.61 Å². The third-order valence-electron chi connectivity index (χ3n) is 3.84. The van der Waals surface area contributed by atoms with Crippen LogP contribution in [0.25, 0.3) is 0 Å². The van der Waals surface area contributed by atoms with Crippen molar-refractivity contribution in [3.8, 4) is 0 Å². The van der Waals surface area contributed by atoms with Crippen LogP contribution in [-0.4, -0.2) is 50.7 Å². The van der Waals surface area contributed by atoms with Gasteiger partial charge in [0.25, 0.3) is 0 Å². The molecule has 1 rings (SSSR count). The predicted molar refractivity (Wildman–Crippen MR) is 102 cm³/mol. The van der Waals surface area contributed by atoms with Gasteiger partial charge >= 0.3 is 5.97 Å². The Kier molecular flexibility index (Phi) is 11.9. The molecule has 3 atom stereocenters. The van der Waals surface area contributed by atoms with Gasteiger partial charge in [0.2, 0.25) is 0 Å². The molecule has 0 N–H and O–H groups in total. The van der Waals surface area contributed by atoms with Crippen molar-refractivity contribution in [2.45, 2.75) is 65.3 Å². The summed E-state index contributed by atoms with van der Waals surface area (Å²) in [5.41, 5.74) is 0.546. The smallest absolute Gasteiger partial charge is 0.338 e. The fraction of sp³-hybridized carbons (Fsp3) is 0.667. The molecular formula is C21H34O5. The summed E-state index contributed by atoms with van der Waals surface area (Å²) in [6.07, 6.45) is 3.35. The van der Waals surface area contributed by atoms with Crippen LogP contribution in [0.3, 0.4) is 0 Å². The summed E-state index contributed by atoms with van der Waals surface area (Å²) in [7, 11) is 0. The van der Waals surface area contributed by atoms with Crippen LogP contribution in [0.4, 0.5) is 0 Å². The van der Waals surface area contributed by atoms with Gasteiger partial charge in [0.1, 0.15) is 6.61 Å². The van der Waals surface area contributed by atoms with E-state index < -0.39 is 0 Å². The molecule has 3 unspecified atom stereocenters. The van der Waals surface area contributed by atoms with E-state index in [1.165, 1.54) is 12.8 Å². The maximum atomic E-state index is 11.9. The number of carbonyl (C=O) groups is 1. The van der Waals surface area contributed by atoms with Crippen LogP contribution < -0.4 is 0 Å². The lowest BCUT2D eigenvalue weighted by molar-refractivity contribution is -0.0762. The number of ether oxygens (including phenoxy) is 4. The van der Waals surface area contributed by atoms with E-state index in [-0.39, 0.29) is 30.9 Å². The molecule has 0 aromatic heterocycles. The number of carbonyl (C=O) groups excluding carboxylic acids is 1. The zero-order chi connectivity index (χ0) is 19.2. The number of unbranched alkanes of at least 4 members (excludes halogenated alkanes) is 2. The number of hydrogen-bond donors (Lipinski definition) is 0. The van der Waals surface area contributed by atoms with Crippen LogP contribution in [0.2, 0.25) is 0 Å². The minimum atomic E-state index is -0.334. The first-order valence-electron chi connectivity index (χ1n) is 9.59. The van der Waals surface area contributed by atoms with Crippen molar-refractivity contribution in [1.29, 1.82) is 0 Å². The molecule has 1 aromatic carbocycles. The highest BCUT2D eigenvalue weighted by Crippen LogP contribution is 2.05. The van der Waals surface area contributed by atoms with E-state index in [1.807, 2.05) is 39.0 Å². The van der Waals surface area contributed by atoms with Crippen LogP contribution in [0.5, 0.6) is 0 Å². The summed E-state index contributed by atoms with van der Waals surface area (Å²) in [6.45, 7) is 10.0. The van der Waals surface area contributed by atoms with Gasteiger partial charge in [-0.2, -0.15) is 0 Å². The second kappa shape index (κ2) is 13.7. The standard InChI is InChI=1S/C21H34O5/c1-5-6-10-13-23-17(2)14-24-18(3)15-25-19(4)16-26-21(22)20-11-8-7-9-12-20/h7-9,11-12,17-19H,5-6,10,13-16H2,1-4H3. The molecule has 0 saturated heterocycles. The largest absolute Gasteiger partial charge is 0.459 e. The normalized spacial score (nSPS) is 14.6. The quantitative estimate of drug-likeness (QED) is 0.364. The highest BCUT2D eigenvalue weighted by atomic mass is 16.6. The maximum absolute atomic E-state index is 11.9. The molecule has 0 aliphatic carbocycles. The molecule has 0 aliphatic heterocycles. The molecule has 0 heterocycles. The lowest BCUT2D eigenvalue weighted by Gasteiger charge is -2.20. The summed E-state index contributed by atoms with van der Waals surface area (Å²) >= 11 is 0. The fourth-order valence-electron chi connectivity index (χ4n) is 2.23. The zero-order valence-electron chi connectivity index (χ0n) is 16.6. The van der Waals surface area contributed by atoms with Gasteiger partial charge in [0.15, 0.2) is 0 Å². The minimum Gasteiger partial charge on any atom is -0.459 e. The van der Waals surface area contributed by atoms with Gasteiger partial charge in [-0.05, 0) is 39.3 Å². The van der Waals surface area contributed by atoms with Crippen molar-refractivity contribution in [2.75, 3.05) is 26.4 Å². The van der Waals surface area contributed by atoms with E-state index in [2.05, 4.69) is 6.92 Å². The van der Waals surface area contributed by atoms with E-state index in [0.29, 0.717) is 18.8 Å². The first-order valence-corrected chi connectivity index (χ1v) is 9.59. The molecule has 1 aromatic rings. The molecule has 0 fully saturated rings. The fourth-order valence-corrected chi connectivity index (χ4v) is 2.23. The first kappa shape index (κ1) is 22.6. The number of esters is 1. The monoisotopic (exact) mass is 366 g/mol. The Bertz CT molecular complexity index is 477. The minimum absolute atomic E-state index is 0.0380. The SMILES string of the molecule is CCCCCOC(C)COC(C)COC(C)COC(=O)c1ccccc1. The Hall–Kier alpha value is -1.43. The van der Waals surface area contributed by atoms with Gasteiger partial charge < -0.3 is 18.9 Å². The molecule has 5 heteroatoms. The lowest BCUT2D eigenvalue weighted by Crippen LogP contribution is -2.27. The Morgan fingerprint density at radius 3 is 2.04 bits per heavy atom. The average molecular weight is 366 g/mol. The number of benzene rings is 1. The van der Waals surface area contributed by atoms with Gasteiger partial charge in [0.05, 0.1) is 37.1 Å². The molecule has 26 heavy (non-hydrogen) atoms. The highest BCUT2D eigenvalue weighted by Gasteiger charge is 2.12. The van der Waals surface area contributed by atoms with Crippen LogP contribution in [0, 0.1) is 0 Å². The van der Waals surface area contributed by atoms with Crippen molar-refractivity contribution in [3.63, 3.8) is 0 Å². The molecular weight excluding hydrogens is 332 g/mol. The van der Waals surface area contributed by atoms with Crippen LogP contribution in [0.1, 0.15) is 57.3 Å². The van der Waals surface area contributed by atoms with E-state index in [4.69, 9.17) is 18.9 Å². The first-order chi connectivity index (χ1) is 12.5. The second-order valence-corrected chi connectivity index (χ2v) is 6.64. The van der Waals surface area contributed by atoms with Crippen molar-refractivity contribution >= 4 is 5.97 Å². The molecule has 0 bridgehead atoms. The zero-order valence-corrected chi connectivity index (χ0v) is 16.6. The van der Waals surface area contributed by atoms with Crippen molar-refractivity contribution in [2.24, 2.45) is 0 Å². The highest BCUT2D eigenvalue weighted by molar-refractivity contribution is 5.89. The van der Waals surface area contributed by atoms with Crippen molar-refractivity contribution < 1.29 is 23.7 Å². The molecule has 5 nitrogen and oxygen atoms in total. The molecule has 148 valence electrons. The van der Waals surface area contributed by atoms with Crippen molar-refractivity contribution in [1.82, 2.24) is 0 Å².